The molecule has 0 radical (unpaired) electrons. The molecule has 0 aliphatic heterocycles. The van der Waals surface area contributed by atoms with Crippen LogP contribution in [0.4, 0.5) is 8.78 Å². The van der Waals surface area contributed by atoms with Crippen molar-refractivity contribution in [3.63, 3.8) is 0 Å². The second-order valence-corrected chi connectivity index (χ2v) is 4.91. The summed E-state index contributed by atoms with van der Waals surface area (Å²) in [6, 6.07) is 11.7. The van der Waals surface area contributed by atoms with E-state index in [4.69, 9.17) is 0 Å². The third-order valence-electron chi connectivity index (χ3n) is 3.47. The number of hydrogen-bond acceptors (Lipinski definition) is 2. The van der Waals surface area contributed by atoms with Gasteiger partial charge in [0, 0.05) is 5.41 Å². The van der Waals surface area contributed by atoms with Gasteiger partial charge in [0.15, 0.2) is 0 Å². The quantitative estimate of drug-likeness (QED) is 0.882. The van der Waals surface area contributed by atoms with Gasteiger partial charge in [0.05, 0.1) is 13.2 Å². The Morgan fingerprint density at radius 2 is 1.45 bits per heavy atom. The molecule has 2 aromatic carbocycles. The molecule has 0 heterocycles. The molecule has 0 spiro atoms. The molecule has 106 valence electrons. The van der Waals surface area contributed by atoms with Gasteiger partial charge in [-0.05, 0) is 41.8 Å². The SMILES string of the molecule is OCC(CO)(Cc1cccc(F)c1)c1cccc(F)c1. The molecule has 2 aromatic rings. The second-order valence-electron chi connectivity index (χ2n) is 4.91. The Balaban J connectivity index is 2.39. The smallest absolute Gasteiger partial charge is 0.123 e. The zero-order valence-electron chi connectivity index (χ0n) is 10.9. The highest BCUT2D eigenvalue weighted by molar-refractivity contribution is 5.30. The maximum atomic E-state index is 13.3. The largest absolute Gasteiger partial charge is 0.395 e. The molecule has 0 amide bonds. The summed E-state index contributed by atoms with van der Waals surface area (Å²) in [6.07, 6.45) is 0.223. The molecule has 2 N–H and O–H groups in total. The molecular formula is C16H16F2O2. The van der Waals surface area contributed by atoms with Crippen LogP contribution in [-0.2, 0) is 11.8 Å². The van der Waals surface area contributed by atoms with Crippen LogP contribution in [0.2, 0.25) is 0 Å². The van der Waals surface area contributed by atoms with Crippen molar-refractivity contribution in [2.45, 2.75) is 11.8 Å². The van der Waals surface area contributed by atoms with Gasteiger partial charge in [0.2, 0.25) is 0 Å². The summed E-state index contributed by atoms with van der Waals surface area (Å²) in [4.78, 5) is 0. The average Bonchev–Trinajstić information content (AvgIpc) is 2.45. The normalized spacial score (nSPS) is 11.6. The zero-order valence-corrected chi connectivity index (χ0v) is 10.9. The fourth-order valence-corrected chi connectivity index (χ4v) is 2.30. The predicted molar refractivity (Wildman–Crippen MR) is 72.4 cm³/mol. The molecule has 4 heteroatoms. The van der Waals surface area contributed by atoms with Gasteiger partial charge in [-0.3, -0.25) is 0 Å². The van der Waals surface area contributed by atoms with E-state index in [1.54, 1.807) is 18.2 Å². The van der Waals surface area contributed by atoms with E-state index in [-0.39, 0.29) is 25.5 Å². The van der Waals surface area contributed by atoms with Crippen LogP contribution in [0.15, 0.2) is 48.5 Å². The highest BCUT2D eigenvalue weighted by atomic mass is 19.1. The van der Waals surface area contributed by atoms with Gasteiger partial charge >= 0.3 is 0 Å². The Kier molecular flexibility index (Phi) is 4.47. The lowest BCUT2D eigenvalue weighted by Crippen LogP contribution is -2.37. The van der Waals surface area contributed by atoms with Crippen LogP contribution in [0.3, 0.4) is 0 Å². The Bertz CT molecular complexity index is 580. The third kappa shape index (κ3) is 3.03. The summed E-state index contributed by atoms with van der Waals surface area (Å²) in [5.41, 5.74) is 0.0970. The van der Waals surface area contributed by atoms with Crippen LogP contribution >= 0.6 is 0 Å². The monoisotopic (exact) mass is 278 g/mol. The summed E-state index contributed by atoms with van der Waals surface area (Å²) >= 11 is 0. The van der Waals surface area contributed by atoms with Gasteiger partial charge in [0.25, 0.3) is 0 Å². The number of rotatable bonds is 5. The van der Waals surface area contributed by atoms with Crippen molar-refractivity contribution in [1.82, 2.24) is 0 Å². The van der Waals surface area contributed by atoms with E-state index in [0.717, 1.165) is 0 Å². The Morgan fingerprint density at radius 1 is 0.850 bits per heavy atom. The van der Waals surface area contributed by atoms with E-state index in [0.29, 0.717) is 11.1 Å². The summed E-state index contributed by atoms with van der Waals surface area (Å²) < 4.78 is 26.6. The van der Waals surface area contributed by atoms with Gasteiger partial charge in [-0.1, -0.05) is 24.3 Å². The van der Waals surface area contributed by atoms with E-state index in [1.165, 1.54) is 30.3 Å². The lowest BCUT2D eigenvalue weighted by molar-refractivity contribution is 0.116. The van der Waals surface area contributed by atoms with Crippen molar-refractivity contribution in [3.8, 4) is 0 Å². The first kappa shape index (κ1) is 14.6. The van der Waals surface area contributed by atoms with Crippen LogP contribution in [0, 0.1) is 11.6 Å². The van der Waals surface area contributed by atoms with Gasteiger partial charge in [-0.15, -0.1) is 0 Å². The molecule has 0 saturated heterocycles. The number of aliphatic hydroxyl groups is 2. The van der Waals surface area contributed by atoms with E-state index in [1.807, 2.05) is 0 Å². The lowest BCUT2D eigenvalue weighted by atomic mass is 9.77. The Hall–Kier alpha value is -1.78. The van der Waals surface area contributed by atoms with Gasteiger partial charge in [-0.25, -0.2) is 8.78 Å². The highest BCUT2D eigenvalue weighted by Crippen LogP contribution is 2.28. The molecule has 0 atom stereocenters. The maximum absolute atomic E-state index is 13.3. The van der Waals surface area contributed by atoms with Crippen molar-refractivity contribution in [2.75, 3.05) is 13.2 Å². The van der Waals surface area contributed by atoms with Crippen molar-refractivity contribution < 1.29 is 19.0 Å². The van der Waals surface area contributed by atoms with Gasteiger partial charge < -0.3 is 10.2 Å². The topological polar surface area (TPSA) is 40.5 Å². The first-order valence-electron chi connectivity index (χ1n) is 6.32. The van der Waals surface area contributed by atoms with E-state index < -0.39 is 11.2 Å². The van der Waals surface area contributed by atoms with Crippen LogP contribution in [0.5, 0.6) is 0 Å². The van der Waals surface area contributed by atoms with E-state index in [2.05, 4.69) is 0 Å². The van der Waals surface area contributed by atoms with E-state index in [9.17, 15) is 19.0 Å². The molecule has 20 heavy (non-hydrogen) atoms. The molecular weight excluding hydrogens is 262 g/mol. The summed E-state index contributed by atoms with van der Waals surface area (Å²) in [7, 11) is 0. The first-order chi connectivity index (χ1) is 9.59. The van der Waals surface area contributed by atoms with Crippen molar-refractivity contribution in [1.29, 1.82) is 0 Å². The van der Waals surface area contributed by atoms with Gasteiger partial charge in [0.1, 0.15) is 11.6 Å². The number of aliphatic hydroxyl groups excluding tert-OH is 2. The Morgan fingerprint density at radius 3 is 2.00 bits per heavy atom. The summed E-state index contributed by atoms with van der Waals surface area (Å²) in [6.45, 7) is -0.715. The molecule has 0 aliphatic carbocycles. The minimum Gasteiger partial charge on any atom is -0.395 e. The molecule has 0 fully saturated rings. The van der Waals surface area contributed by atoms with Crippen LogP contribution in [0.1, 0.15) is 11.1 Å². The van der Waals surface area contributed by atoms with Crippen molar-refractivity contribution in [3.05, 3.63) is 71.3 Å². The lowest BCUT2D eigenvalue weighted by Gasteiger charge is -2.30. The fraction of sp³-hybridized carbons (Fsp3) is 0.250. The fourth-order valence-electron chi connectivity index (χ4n) is 2.30. The molecule has 0 aromatic heterocycles. The minimum atomic E-state index is -1.03. The highest BCUT2D eigenvalue weighted by Gasteiger charge is 2.31. The molecule has 0 unspecified atom stereocenters. The molecule has 0 saturated carbocycles. The molecule has 0 bridgehead atoms. The zero-order chi connectivity index (χ0) is 14.6. The summed E-state index contributed by atoms with van der Waals surface area (Å²) in [5.74, 6) is -0.820. The molecule has 0 aliphatic rings. The maximum Gasteiger partial charge on any atom is 0.123 e. The van der Waals surface area contributed by atoms with Crippen molar-refractivity contribution in [2.24, 2.45) is 0 Å². The van der Waals surface area contributed by atoms with E-state index >= 15 is 0 Å². The standard InChI is InChI=1S/C16H16F2O2/c17-14-5-1-3-12(7-14)9-16(10-19,11-20)13-4-2-6-15(18)8-13/h1-8,19-20H,9-11H2. The van der Waals surface area contributed by atoms with Crippen LogP contribution in [-0.4, -0.2) is 23.4 Å². The van der Waals surface area contributed by atoms with Crippen LogP contribution in [0.25, 0.3) is 0 Å². The van der Waals surface area contributed by atoms with Gasteiger partial charge in [-0.2, -0.15) is 0 Å². The number of halogens is 2. The minimum absolute atomic E-state index is 0.223. The summed E-state index contributed by atoms with van der Waals surface area (Å²) in [5, 5.41) is 19.4. The Labute approximate surface area is 116 Å². The molecule has 2 rings (SSSR count). The van der Waals surface area contributed by atoms with Crippen molar-refractivity contribution >= 4 is 0 Å². The third-order valence-corrected chi connectivity index (χ3v) is 3.47. The average molecular weight is 278 g/mol. The molecule has 2 nitrogen and oxygen atoms in total. The predicted octanol–water partition coefficient (Wildman–Crippen LogP) is 2.43. The first-order valence-corrected chi connectivity index (χ1v) is 6.32. The number of benzene rings is 2. The second kappa shape index (κ2) is 6.11. The van der Waals surface area contributed by atoms with Crippen LogP contribution < -0.4 is 0 Å². The number of hydrogen-bond donors (Lipinski definition) is 2.